The molecule has 4 rings (SSSR count). The number of rotatable bonds is 29. The Bertz CT molecular complexity index is 2010. The van der Waals surface area contributed by atoms with Crippen molar-refractivity contribution in [3.8, 4) is 28.7 Å². The van der Waals surface area contributed by atoms with Gasteiger partial charge in [0.15, 0.2) is 5.75 Å². The van der Waals surface area contributed by atoms with Gasteiger partial charge in [0.25, 0.3) is 0 Å². The minimum atomic E-state index is -0.483. The number of nitrogens with zero attached hydrogens (tertiary/aromatic N) is 2. The number of carbonyl (C=O) groups is 3. The van der Waals surface area contributed by atoms with Gasteiger partial charge < -0.3 is 33.3 Å². The van der Waals surface area contributed by atoms with Crippen molar-refractivity contribution in [2.24, 2.45) is 10.2 Å². The van der Waals surface area contributed by atoms with Gasteiger partial charge >= 0.3 is 17.9 Å². The standard InChI is InChI=1S/C48H54N2O11/c1-4-46(51)57-31-13-9-7-11-29-55-41-22-17-38(18-23-41)36-59-61-44-28-19-39(33-45(44)54-6-3)35-50-49-34-37-15-24-43(25-16-37)60-48(53)40-20-26-42(27-21-40)56-30-12-8-10-14-32-58-47(52)5-2/h4-5,15-28,33-35H,1-2,6-14,29-32,36H2,3H3. The summed E-state index contributed by atoms with van der Waals surface area (Å²) < 4.78 is 32.8. The van der Waals surface area contributed by atoms with E-state index < -0.39 is 11.9 Å². The van der Waals surface area contributed by atoms with Gasteiger partial charge in [-0.15, -0.1) is 0 Å². The molecule has 0 radical (unpaired) electrons. The van der Waals surface area contributed by atoms with E-state index in [1.807, 2.05) is 37.3 Å². The van der Waals surface area contributed by atoms with Crippen LogP contribution in [0, 0.1) is 0 Å². The van der Waals surface area contributed by atoms with Crippen LogP contribution in [0.15, 0.2) is 127 Å². The molecule has 13 nitrogen and oxygen atoms in total. The zero-order chi connectivity index (χ0) is 43.3. The van der Waals surface area contributed by atoms with Gasteiger partial charge in [-0.1, -0.05) is 25.3 Å². The van der Waals surface area contributed by atoms with Gasteiger partial charge in [0.1, 0.15) is 23.9 Å². The van der Waals surface area contributed by atoms with Crippen LogP contribution in [-0.4, -0.2) is 63.4 Å². The molecule has 0 saturated carbocycles. The molecule has 61 heavy (non-hydrogen) atoms. The second kappa shape index (κ2) is 27.9. The third kappa shape index (κ3) is 18.8. The fraction of sp³-hybridized carbons (Fsp3) is 0.312. The molecule has 0 aliphatic carbocycles. The first-order valence-corrected chi connectivity index (χ1v) is 20.3. The quantitative estimate of drug-likeness (QED) is 0.00979. The van der Waals surface area contributed by atoms with Crippen LogP contribution in [0.4, 0.5) is 0 Å². The largest absolute Gasteiger partial charge is 0.494 e. The molecular formula is C48H54N2O11. The number of carbonyl (C=O) groups excluding carboxylic acids is 3. The van der Waals surface area contributed by atoms with Crippen molar-refractivity contribution in [3.05, 3.63) is 139 Å². The van der Waals surface area contributed by atoms with Crippen LogP contribution in [0.3, 0.4) is 0 Å². The smallest absolute Gasteiger partial charge is 0.343 e. The highest BCUT2D eigenvalue weighted by Crippen LogP contribution is 2.29. The van der Waals surface area contributed by atoms with E-state index in [1.165, 1.54) is 6.08 Å². The monoisotopic (exact) mass is 834 g/mol. The molecule has 0 bridgehead atoms. The Labute approximate surface area is 357 Å². The molecule has 4 aromatic carbocycles. The lowest BCUT2D eigenvalue weighted by Gasteiger charge is -2.11. The van der Waals surface area contributed by atoms with Crippen molar-refractivity contribution in [2.75, 3.05) is 33.0 Å². The van der Waals surface area contributed by atoms with Gasteiger partial charge in [0.05, 0.1) is 51.0 Å². The second-order valence-corrected chi connectivity index (χ2v) is 13.4. The lowest BCUT2D eigenvalue weighted by molar-refractivity contribution is -0.218. The first-order chi connectivity index (χ1) is 29.9. The lowest BCUT2D eigenvalue weighted by Crippen LogP contribution is -2.08. The van der Waals surface area contributed by atoms with Crippen LogP contribution in [0.25, 0.3) is 0 Å². The summed E-state index contributed by atoms with van der Waals surface area (Å²) in [7, 11) is 0. The van der Waals surface area contributed by atoms with Gasteiger partial charge in [-0.2, -0.15) is 15.1 Å². The first kappa shape index (κ1) is 47.0. The molecule has 0 unspecified atom stereocenters. The maximum atomic E-state index is 12.7. The molecule has 0 heterocycles. The average molecular weight is 835 g/mol. The van der Waals surface area contributed by atoms with Gasteiger partial charge in [-0.3, -0.25) is 0 Å². The Hall–Kier alpha value is -6.73. The third-order valence-corrected chi connectivity index (χ3v) is 8.66. The van der Waals surface area contributed by atoms with Crippen molar-refractivity contribution < 1.29 is 52.6 Å². The molecule has 4 aromatic rings. The summed E-state index contributed by atoms with van der Waals surface area (Å²) in [6.45, 7) is 11.2. The van der Waals surface area contributed by atoms with Crippen LogP contribution in [0.1, 0.15) is 85.3 Å². The molecular weight excluding hydrogens is 781 g/mol. The maximum Gasteiger partial charge on any atom is 0.343 e. The predicted octanol–water partition coefficient (Wildman–Crippen LogP) is 9.60. The Morgan fingerprint density at radius 3 is 1.62 bits per heavy atom. The highest BCUT2D eigenvalue weighted by atomic mass is 17.2. The summed E-state index contributed by atoms with van der Waals surface area (Å²) in [6, 6.07) is 26.7. The minimum Gasteiger partial charge on any atom is -0.494 e. The SMILES string of the molecule is C=CC(=O)OCCCCCCOc1ccc(COOc2ccc(C=NN=Cc3ccc(OC(=O)c4ccc(OCCCCCCOC(=O)C=C)cc4)cc3)cc2OCC)cc1. The van der Waals surface area contributed by atoms with E-state index in [2.05, 4.69) is 23.4 Å². The fourth-order valence-corrected chi connectivity index (χ4v) is 5.42. The van der Waals surface area contributed by atoms with Crippen molar-refractivity contribution in [1.29, 1.82) is 0 Å². The van der Waals surface area contributed by atoms with Crippen LogP contribution in [0.2, 0.25) is 0 Å². The van der Waals surface area contributed by atoms with Crippen LogP contribution < -0.4 is 23.8 Å². The summed E-state index contributed by atoms with van der Waals surface area (Å²) >= 11 is 0. The number of ether oxygens (including phenoxy) is 6. The summed E-state index contributed by atoms with van der Waals surface area (Å²) in [5, 5.41) is 8.31. The Kier molecular flexibility index (Phi) is 21.4. The van der Waals surface area contributed by atoms with Crippen molar-refractivity contribution in [2.45, 2.75) is 64.9 Å². The van der Waals surface area contributed by atoms with Crippen molar-refractivity contribution in [1.82, 2.24) is 0 Å². The zero-order valence-electron chi connectivity index (χ0n) is 34.7. The predicted molar refractivity (Wildman–Crippen MR) is 233 cm³/mol. The number of esters is 3. The highest BCUT2D eigenvalue weighted by Gasteiger charge is 2.10. The zero-order valence-corrected chi connectivity index (χ0v) is 34.7. The van der Waals surface area contributed by atoms with Crippen molar-refractivity contribution >= 4 is 30.3 Å². The topological polar surface area (TPSA) is 150 Å². The van der Waals surface area contributed by atoms with Crippen molar-refractivity contribution in [3.63, 3.8) is 0 Å². The van der Waals surface area contributed by atoms with E-state index in [0.717, 1.165) is 79.9 Å². The summed E-state index contributed by atoms with van der Waals surface area (Å²) in [5.41, 5.74) is 2.82. The summed E-state index contributed by atoms with van der Waals surface area (Å²) in [5.74, 6) is 1.48. The highest BCUT2D eigenvalue weighted by molar-refractivity contribution is 5.91. The average Bonchev–Trinajstić information content (AvgIpc) is 3.28. The van der Waals surface area contributed by atoms with E-state index in [4.69, 9.17) is 38.2 Å². The molecule has 0 atom stereocenters. The number of unbranched alkanes of at least 4 members (excludes halogenated alkanes) is 6. The van der Waals surface area contributed by atoms with Gasteiger partial charge in [-0.25, -0.2) is 14.4 Å². The third-order valence-electron chi connectivity index (χ3n) is 8.66. The summed E-state index contributed by atoms with van der Waals surface area (Å²) in [4.78, 5) is 45.9. The molecule has 322 valence electrons. The molecule has 0 fully saturated rings. The number of benzene rings is 4. The van der Waals surface area contributed by atoms with Gasteiger partial charge in [-0.05, 0) is 154 Å². The van der Waals surface area contributed by atoms with E-state index in [9.17, 15) is 14.4 Å². The molecule has 0 spiro atoms. The second-order valence-electron chi connectivity index (χ2n) is 13.4. The Morgan fingerprint density at radius 1 is 0.557 bits per heavy atom. The molecule has 0 N–H and O–H groups in total. The molecule has 0 aliphatic rings. The first-order valence-electron chi connectivity index (χ1n) is 20.3. The van der Waals surface area contributed by atoms with Gasteiger partial charge in [0, 0.05) is 12.2 Å². The summed E-state index contributed by atoms with van der Waals surface area (Å²) in [6.07, 6.45) is 12.7. The van der Waals surface area contributed by atoms with E-state index in [0.29, 0.717) is 61.6 Å². The van der Waals surface area contributed by atoms with Gasteiger partial charge in [0.2, 0.25) is 5.75 Å². The normalized spacial score (nSPS) is 10.9. The molecule has 0 aromatic heterocycles. The van der Waals surface area contributed by atoms with E-state index in [-0.39, 0.29) is 12.6 Å². The molecule has 0 saturated heterocycles. The number of hydrogen-bond donors (Lipinski definition) is 0. The minimum absolute atomic E-state index is 0.219. The Morgan fingerprint density at radius 2 is 1.07 bits per heavy atom. The molecule has 13 heteroatoms. The molecule has 0 amide bonds. The van der Waals surface area contributed by atoms with E-state index >= 15 is 0 Å². The van der Waals surface area contributed by atoms with Crippen LogP contribution >= 0.6 is 0 Å². The maximum absolute atomic E-state index is 12.7. The number of hydrogen-bond acceptors (Lipinski definition) is 13. The Balaban J connectivity index is 1.13. The van der Waals surface area contributed by atoms with Crippen LogP contribution in [0.5, 0.6) is 28.7 Å². The molecule has 0 aliphatic heterocycles. The fourth-order valence-electron chi connectivity index (χ4n) is 5.42. The van der Waals surface area contributed by atoms with Crippen LogP contribution in [-0.2, 0) is 30.6 Å². The lowest BCUT2D eigenvalue weighted by atomic mass is 10.2. The van der Waals surface area contributed by atoms with E-state index in [1.54, 1.807) is 73.1 Å².